The second-order valence-corrected chi connectivity index (χ2v) is 4.16. The fraction of sp³-hybridized carbons (Fsp3) is 0.250. The molecule has 2 aromatic carbocycles. The van der Waals surface area contributed by atoms with E-state index in [2.05, 4.69) is 24.3 Å². The number of rotatable bonds is 6. The summed E-state index contributed by atoms with van der Waals surface area (Å²) in [7, 11) is 1.72. The normalized spacial score (nSPS) is 10.3. The molecule has 0 atom stereocenters. The zero-order valence-electron chi connectivity index (χ0n) is 10.6. The molecule has 0 saturated heterocycles. The van der Waals surface area contributed by atoms with Gasteiger partial charge in [0.2, 0.25) is 0 Å². The topological polar surface area (TPSA) is 18.5 Å². The van der Waals surface area contributed by atoms with E-state index in [-0.39, 0.29) is 0 Å². The van der Waals surface area contributed by atoms with Crippen LogP contribution in [0.25, 0.3) is 0 Å². The summed E-state index contributed by atoms with van der Waals surface area (Å²) in [4.78, 5) is 0. The Balaban J connectivity index is 1.86. The summed E-state index contributed by atoms with van der Waals surface area (Å²) in [6, 6.07) is 18.4. The third kappa shape index (κ3) is 3.90. The highest BCUT2D eigenvalue weighted by atomic mass is 16.5. The van der Waals surface area contributed by atoms with Crippen LogP contribution in [0.3, 0.4) is 0 Å². The number of hydrogen-bond acceptors (Lipinski definition) is 2. The first-order valence-corrected chi connectivity index (χ1v) is 6.13. The van der Waals surface area contributed by atoms with Gasteiger partial charge in [-0.2, -0.15) is 0 Å². The Morgan fingerprint density at radius 1 is 0.833 bits per heavy atom. The van der Waals surface area contributed by atoms with Crippen molar-refractivity contribution >= 4 is 0 Å². The molecule has 0 aromatic heterocycles. The number of hydrogen-bond donors (Lipinski definition) is 0. The second kappa shape index (κ2) is 6.82. The van der Waals surface area contributed by atoms with Crippen molar-refractivity contribution < 1.29 is 9.47 Å². The van der Waals surface area contributed by atoms with Crippen LogP contribution in [0.1, 0.15) is 11.1 Å². The summed E-state index contributed by atoms with van der Waals surface area (Å²) in [6.45, 7) is 1.36. The van der Waals surface area contributed by atoms with Crippen molar-refractivity contribution in [2.24, 2.45) is 0 Å². The third-order valence-corrected chi connectivity index (χ3v) is 2.77. The lowest BCUT2D eigenvalue weighted by Gasteiger charge is -2.07. The summed E-state index contributed by atoms with van der Waals surface area (Å²) >= 11 is 0. The van der Waals surface area contributed by atoms with Gasteiger partial charge in [-0.15, -0.1) is 0 Å². The van der Waals surface area contributed by atoms with Crippen LogP contribution in [-0.2, 0) is 17.8 Å². The van der Waals surface area contributed by atoms with E-state index in [4.69, 9.17) is 9.47 Å². The van der Waals surface area contributed by atoms with Crippen molar-refractivity contribution in [1.82, 2.24) is 0 Å². The van der Waals surface area contributed by atoms with Gasteiger partial charge in [-0.25, -0.2) is 0 Å². The van der Waals surface area contributed by atoms with Gasteiger partial charge in [-0.05, 0) is 29.7 Å². The Morgan fingerprint density at radius 3 is 2.22 bits per heavy atom. The maximum atomic E-state index is 5.72. The summed E-state index contributed by atoms with van der Waals surface area (Å²) in [5.41, 5.74) is 2.45. The zero-order valence-corrected chi connectivity index (χ0v) is 10.6. The summed E-state index contributed by atoms with van der Waals surface area (Å²) in [5.74, 6) is 0.903. The zero-order chi connectivity index (χ0) is 12.6. The molecular formula is C16H18O2. The molecule has 18 heavy (non-hydrogen) atoms. The SMILES string of the molecule is COCCc1ccc(OCc2ccccc2)cc1. The van der Waals surface area contributed by atoms with Crippen LogP contribution in [0.2, 0.25) is 0 Å². The summed E-state index contributed by atoms with van der Waals surface area (Å²) in [5, 5.41) is 0. The maximum Gasteiger partial charge on any atom is 0.119 e. The van der Waals surface area contributed by atoms with Crippen LogP contribution >= 0.6 is 0 Å². The minimum atomic E-state index is 0.609. The Hall–Kier alpha value is -1.80. The number of methoxy groups -OCH3 is 1. The van der Waals surface area contributed by atoms with Gasteiger partial charge in [0, 0.05) is 7.11 Å². The van der Waals surface area contributed by atoms with Crippen molar-refractivity contribution in [3.05, 3.63) is 65.7 Å². The van der Waals surface area contributed by atoms with E-state index in [0.29, 0.717) is 6.61 Å². The van der Waals surface area contributed by atoms with E-state index in [1.165, 1.54) is 11.1 Å². The van der Waals surface area contributed by atoms with E-state index in [9.17, 15) is 0 Å². The van der Waals surface area contributed by atoms with Crippen molar-refractivity contribution in [3.63, 3.8) is 0 Å². The monoisotopic (exact) mass is 242 g/mol. The highest BCUT2D eigenvalue weighted by molar-refractivity contribution is 5.27. The van der Waals surface area contributed by atoms with Crippen LogP contribution < -0.4 is 4.74 Å². The van der Waals surface area contributed by atoms with Gasteiger partial charge in [0.1, 0.15) is 12.4 Å². The van der Waals surface area contributed by atoms with E-state index in [1.54, 1.807) is 7.11 Å². The largest absolute Gasteiger partial charge is 0.489 e. The molecule has 2 rings (SSSR count). The highest BCUT2D eigenvalue weighted by Gasteiger charge is 1.97. The lowest BCUT2D eigenvalue weighted by molar-refractivity contribution is 0.202. The molecule has 0 aliphatic rings. The summed E-state index contributed by atoms with van der Waals surface area (Å²) < 4.78 is 10.8. The van der Waals surface area contributed by atoms with Gasteiger partial charge >= 0.3 is 0 Å². The molecule has 0 amide bonds. The number of ether oxygens (including phenoxy) is 2. The quantitative estimate of drug-likeness (QED) is 0.772. The van der Waals surface area contributed by atoms with E-state index in [1.807, 2.05) is 30.3 Å². The lowest BCUT2D eigenvalue weighted by Crippen LogP contribution is -1.96. The molecule has 0 saturated carbocycles. The Morgan fingerprint density at radius 2 is 1.56 bits per heavy atom. The van der Waals surface area contributed by atoms with Gasteiger partial charge in [0.25, 0.3) is 0 Å². The van der Waals surface area contributed by atoms with Crippen molar-refractivity contribution in [3.8, 4) is 5.75 Å². The molecule has 0 fully saturated rings. The predicted octanol–water partition coefficient (Wildman–Crippen LogP) is 3.45. The first-order valence-electron chi connectivity index (χ1n) is 6.13. The van der Waals surface area contributed by atoms with Crippen molar-refractivity contribution in [2.75, 3.05) is 13.7 Å². The van der Waals surface area contributed by atoms with Crippen LogP contribution in [0.15, 0.2) is 54.6 Å². The fourth-order valence-corrected chi connectivity index (χ4v) is 1.71. The molecular weight excluding hydrogens is 224 g/mol. The Kier molecular flexibility index (Phi) is 4.79. The molecule has 2 heteroatoms. The molecule has 2 nitrogen and oxygen atoms in total. The fourth-order valence-electron chi connectivity index (χ4n) is 1.71. The van der Waals surface area contributed by atoms with Gasteiger partial charge in [0.05, 0.1) is 6.61 Å². The smallest absolute Gasteiger partial charge is 0.119 e. The minimum absolute atomic E-state index is 0.609. The standard InChI is InChI=1S/C16H18O2/c1-17-12-11-14-7-9-16(10-8-14)18-13-15-5-3-2-4-6-15/h2-10H,11-13H2,1H3. The molecule has 94 valence electrons. The highest BCUT2D eigenvalue weighted by Crippen LogP contribution is 2.14. The molecule has 2 aromatic rings. The van der Waals surface area contributed by atoms with Crippen molar-refractivity contribution in [2.45, 2.75) is 13.0 Å². The Bertz CT molecular complexity index is 448. The molecule has 0 aliphatic heterocycles. The molecule has 0 unspecified atom stereocenters. The molecule has 0 heterocycles. The van der Waals surface area contributed by atoms with E-state index in [0.717, 1.165) is 18.8 Å². The second-order valence-electron chi connectivity index (χ2n) is 4.16. The minimum Gasteiger partial charge on any atom is -0.489 e. The molecule has 0 N–H and O–H groups in total. The molecule has 0 spiro atoms. The van der Waals surface area contributed by atoms with Crippen LogP contribution in [0.4, 0.5) is 0 Å². The first kappa shape index (κ1) is 12.7. The van der Waals surface area contributed by atoms with Gasteiger partial charge in [0.15, 0.2) is 0 Å². The predicted molar refractivity (Wildman–Crippen MR) is 72.8 cm³/mol. The Labute approximate surface area is 108 Å². The third-order valence-electron chi connectivity index (χ3n) is 2.77. The maximum absolute atomic E-state index is 5.72. The van der Waals surface area contributed by atoms with Crippen LogP contribution in [0, 0.1) is 0 Å². The van der Waals surface area contributed by atoms with Gasteiger partial charge in [-0.1, -0.05) is 42.5 Å². The van der Waals surface area contributed by atoms with Crippen molar-refractivity contribution in [1.29, 1.82) is 0 Å². The first-order chi connectivity index (χ1) is 8.88. The van der Waals surface area contributed by atoms with E-state index < -0.39 is 0 Å². The average molecular weight is 242 g/mol. The van der Waals surface area contributed by atoms with Gasteiger partial charge < -0.3 is 9.47 Å². The van der Waals surface area contributed by atoms with Crippen LogP contribution in [-0.4, -0.2) is 13.7 Å². The lowest BCUT2D eigenvalue weighted by atomic mass is 10.1. The average Bonchev–Trinajstić information content (AvgIpc) is 2.45. The summed E-state index contributed by atoms with van der Waals surface area (Å²) in [6.07, 6.45) is 0.940. The molecule has 0 bridgehead atoms. The van der Waals surface area contributed by atoms with Gasteiger partial charge in [-0.3, -0.25) is 0 Å². The molecule has 0 aliphatic carbocycles. The number of benzene rings is 2. The van der Waals surface area contributed by atoms with Crippen LogP contribution in [0.5, 0.6) is 5.75 Å². The van der Waals surface area contributed by atoms with E-state index >= 15 is 0 Å². The molecule has 0 radical (unpaired) electrons.